The van der Waals surface area contributed by atoms with Gasteiger partial charge in [0.15, 0.2) is 0 Å². The summed E-state index contributed by atoms with van der Waals surface area (Å²) in [5, 5.41) is 6.57. The van der Waals surface area contributed by atoms with E-state index in [1.165, 1.54) is 5.69 Å². The normalized spacial score (nSPS) is 10.9. The quantitative estimate of drug-likeness (QED) is 0.664. The van der Waals surface area contributed by atoms with Crippen LogP contribution >= 0.6 is 11.3 Å². The van der Waals surface area contributed by atoms with E-state index in [1.807, 2.05) is 6.92 Å². The molecule has 1 aromatic rings. The summed E-state index contributed by atoms with van der Waals surface area (Å²) in [6.07, 6.45) is 0.989. The monoisotopic (exact) mass is 244 g/mol. The molecule has 0 saturated heterocycles. The summed E-state index contributed by atoms with van der Waals surface area (Å²) in [5.41, 5.74) is 1.18. The van der Waals surface area contributed by atoms with Crippen LogP contribution in [0.3, 0.4) is 0 Å². The van der Waals surface area contributed by atoms with E-state index in [-0.39, 0.29) is 0 Å². The molecule has 0 radical (unpaired) electrons. The Kier molecular flexibility index (Phi) is 7.33. The van der Waals surface area contributed by atoms with Crippen molar-refractivity contribution in [2.45, 2.75) is 13.3 Å². The summed E-state index contributed by atoms with van der Waals surface area (Å²) in [6.45, 7) is 5.94. The maximum atomic E-state index is 5.33. The topological polar surface area (TPSA) is 43.4 Å². The average molecular weight is 244 g/mol. The minimum atomic E-state index is 0.665. The number of aryl methyl sites for hydroxylation is 1. The van der Waals surface area contributed by atoms with Gasteiger partial charge in [0.25, 0.3) is 0 Å². The van der Waals surface area contributed by atoms with Crippen LogP contribution in [0, 0.1) is 6.92 Å². The van der Waals surface area contributed by atoms with Crippen LogP contribution in [-0.4, -0.2) is 45.0 Å². The van der Waals surface area contributed by atoms with Crippen molar-refractivity contribution in [1.29, 1.82) is 0 Å². The van der Waals surface area contributed by atoms with Gasteiger partial charge in [-0.2, -0.15) is 0 Å². The van der Waals surface area contributed by atoms with Crippen LogP contribution in [-0.2, 0) is 15.9 Å². The number of hydrogen-bond acceptors (Lipinski definition) is 5. The molecule has 5 heteroatoms. The number of thiazole rings is 1. The maximum absolute atomic E-state index is 5.33. The van der Waals surface area contributed by atoms with Gasteiger partial charge in [0.2, 0.25) is 0 Å². The molecular formula is C11H20N2O2S. The summed E-state index contributed by atoms with van der Waals surface area (Å²) in [4.78, 5) is 4.40. The highest BCUT2D eigenvalue weighted by molar-refractivity contribution is 7.09. The summed E-state index contributed by atoms with van der Waals surface area (Å²) < 4.78 is 10.2. The summed E-state index contributed by atoms with van der Waals surface area (Å²) in [7, 11) is 1.68. The third kappa shape index (κ3) is 6.17. The molecule has 1 N–H and O–H groups in total. The number of hydrogen-bond donors (Lipinski definition) is 1. The molecule has 16 heavy (non-hydrogen) atoms. The van der Waals surface area contributed by atoms with Crippen molar-refractivity contribution in [2.24, 2.45) is 0 Å². The Morgan fingerprint density at radius 1 is 1.31 bits per heavy atom. The van der Waals surface area contributed by atoms with Crippen molar-refractivity contribution < 1.29 is 9.47 Å². The first-order chi connectivity index (χ1) is 7.83. The van der Waals surface area contributed by atoms with Gasteiger partial charge in [-0.3, -0.25) is 0 Å². The van der Waals surface area contributed by atoms with Crippen LogP contribution in [0.2, 0.25) is 0 Å². The van der Waals surface area contributed by atoms with Gasteiger partial charge in [-0.05, 0) is 6.92 Å². The lowest BCUT2D eigenvalue weighted by Crippen LogP contribution is -2.23. The Labute approximate surface area is 101 Å². The number of aromatic nitrogens is 1. The maximum Gasteiger partial charge on any atom is 0.0897 e. The second kappa shape index (κ2) is 8.64. The number of nitrogens with one attached hydrogen (secondary N) is 1. The Hall–Kier alpha value is -0.490. The lowest BCUT2D eigenvalue weighted by Gasteiger charge is -2.04. The molecule has 4 nitrogen and oxygen atoms in total. The molecule has 0 aliphatic carbocycles. The molecule has 0 atom stereocenters. The SMILES string of the molecule is COCCOCCNCCc1csc(C)n1. The molecule has 0 aliphatic rings. The van der Waals surface area contributed by atoms with Crippen LogP contribution in [0.25, 0.3) is 0 Å². The van der Waals surface area contributed by atoms with Gasteiger partial charge in [-0.15, -0.1) is 11.3 Å². The molecule has 0 amide bonds. The first kappa shape index (κ1) is 13.6. The summed E-state index contributed by atoms with van der Waals surface area (Å²) in [6, 6.07) is 0. The van der Waals surface area contributed by atoms with Crippen molar-refractivity contribution in [3.05, 3.63) is 16.1 Å². The van der Waals surface area contributed by atoms with Gasteiger partial charge in [-0.25, -0.2) is 4.98 Å². The Morgan fingerprint density at radius 2 is 2.19 bits per heavy atom. The average Bonchev–Trinajstić information content (AvgIpc) is 2.68. The van der Waals surface area contributed by atoms with Crippen molar-refractivity contribution in [3.8, 4) is 0 Å². The summed E-state index contributed by atoms with van der Waals surface area (Å²) in [5.74, 6) is 0. The highest BCUT2D eigenvalue weighted by atomic mass is 32.1. The molecule has 0 bridgehead atoms. The zero-order valence-corrected chi connectivity index (χ0v) is 10.8. The van der Waals surface area contributed by atoms with Gasteiger partial charge >= 0.3 is 0 Å². The van der Waals surface area contributed by atoms with Gasteiger partial charge < -0.3 is 14.8 Å². The minimum absolute atomic E-state index is 0.665. The number of rotatable bonds is 9. The molecule has 0 saturated carbocycles. The Morgan fingerprint density at radius 3 is 2.88 bits per heavy atom. The first-order valence-corrected chi connectivity index (χ1v) is 6.39. The Bertz CT molecular complexity index is 279. The van der Waals surface area contributed by atoms with E-state index < -0.39 is 0 Å². The van der Waals surface area contributed by atoms with Crippen LogP contribution in [0.15, 0.2) is 5.38 Å². The molecule has 1 heterocycles. The Balaban J connectivity index is 1.88. The predicted octanol–water partition coefficient (Wildman–Crippen LogP) is 1.25. The zero-order chi connectivity index (χ0) is 11.6. The van der Waals surface area contributed by atoms with Crippen molar-refractivity contribution >= 4 is 11.3 Å². The van der Waals surface area contributed by atoms with E-state index in [1.54, 1.807) is 18.4 Å². The molecule has 92 valence electrons. The van der Waals surface area contributed by atoms with Gasteiger partial charge in [-0.1, -0.05) is 0 Å². The lowest BCUT2D eigenvalue weighted by atomic mass is 10.3. The highest BCUT2D eigenvalue weighted by Crippen LogP contribution is 2.07. The molecule has 0 fully saturated rings. The van der Waals surface area contributed by atoms with Crippen LogP contribution in [0.1, 0.15) is 10.7 Å². The van der Waals surface area contributed by atoms with E-state index in [0.717, 1.165) is 31.1 Å². The minimum Gasteiger partial charge on any atom is -0.382 e. The molecular weight excluding hydrogens is 224 g/mol. The van der Waals surface area contributed by atoms with E-state index >= 15 is 0 Å². The third-order valence-corrected chi connectivity index (χ3v) is 2.90. The standard InChI is InChI=1S/C11H20N2O2S/c1-10-13-11(9-16-10)3-4-12-5-6-15-8-7-14-2/h9,12H,3-8H2,1-2H3. The van der Waals surface area contributed by atoms with Crippen molar-refractivity contribution in [3.63, 3.8) is 0 Å². The molecule has 1 aromatic heterocycles. The first-order valence-electron chi connectivity index (χ1n) is 5.51. The highest BCUT2D eigenvalue weighted by Gasteiger charge is 1.97. The number of methoxy groups -OCH3 is 1. The smallest absolute Gasteiger partial charge is 0.0897 e. The molecule has 0 aliphatic heterocycles. The molecule has 1 rings (SSSR count). The third-order valence-electron chi connectivity index (χ3n) is 2.08. The van der Waals surface area contributed by atoms with Crippen molar-refractivity contribution in [1.82, 2.24) is 10.3 Å². The fraction of sp³-hybridized carbons (Fsp3) is 0.727. The second-order valence-corrected chi connectivity index (χ2v) is 4.53. The van der Waals surface area contributed by atoms with E-state index in [2.05, 4.69) is 15.7 Å². The van der Waals surface area contributed by atoms with Crippen LogP contribution < -0.4 is 5.32 Å². The molecule has 0 unspecified atom stereocenters. The van der Waals surface area contributed by atoms with E-state index in [0.29, 0.717) is 13.2 Å². The molecule has 0 aromatic carbocycles. The largest absolute Gasteiger partial charge is 0.382 e. The van der Waals surface area contributed by atoms with Gasteiger partial charge in [0, 0.05) is 32.0 Å². The van der Waals surface area contributed by atoms with Gasteiger partial charge in [0.1, 0.15) is 0 Å². The van der Waals surface area contributed by atoms with Crippen molar-refractivity contribution in [2.75, 3.05) is 40.0 Å². The second-order valence-electron chi connectivity index (χ2n) is 3.46. The zero-order valence-electron chi connectivity index (χ0n) is 9.99. The lowest BCUT2D eigenvalue weighted by molar-refractivity contribution is 0.0721. The number of nitrogens with zero attached hydrogens (tertiary/aromatic N) is 1. The summed E-state index contributed by atoms with van der Waals surface area (Å²) >= 11 is 1.70. The van der Waals surface area contributed by atoms with Crippen LogP contribution in [0.4, 0.5) is 0 Å². The number of ether oxygens (including phenoxy) is 2. The molecule has 0 spiro atoms. The fourth-order valence-electron chi connectivity index (χ4n) is 1.25. The van der Waals surface area contributed by atoms with Gasteiger partial charge in [0.05, 0.1) is 30.5 Å². The predicted molar refractivity (Wildman–Crippen MR) is 66.1 cm³/mol. The fourth-order valence-corrected chi connectivity index (χ4v) is 1.90. The van der Waals surface area contributed by atoms with E-state index in [4.69, 9.17) is 9.47 Å². The van der Waals surface area contributed by atoms with E-state index in [9.17, 15) is 0 Å². The van der Waals surface area contributed by atoms with Crippen LogP contribution in [0.5, 0.6) is 0 Å².